The molecule has 0 aromatic carbocycles. The number of aromatic nitrogens is 2. The van der Waals surface area contributed by atoms with Crippen molar-refractivity contribution in [1.82, 2.24) is 9.78 Å². The van der Waals surface area contributed by atoms with Crippen molar-refractivity contribution in [3.63, 3.8) is 0 Å². The summed E-state index contributed by atoms with van der Waals surface area (Å²) in [6.45, 7) is 4.32. The summed E-state index contributed by atoms with van der Waals surface area (Å²) in [6.07, 6.45) is 6.02. The smallest absolute Gasteiger partial charge is 0.0650 e. The van der Waals surface area contributed by atoms with Crippen molar-refractivity contribution in [1.29, 1.82) is 0 Å². The van der Waals surface area contributed by atoms with Gasteiger partial charge in [-0.1, -0.05) is 6.92 Å². The SMILES string of the molecule is CCC(C)n1ccc(CC(O)C2CC2)n1. The summed E-state index contributed by atoms with van der Waals surface area (Å²) in [7, 11) is 0. The van der Waals surface area contributed by atoms with E-state index < -0.39 is 0 Å². The van der Waals surface area contributed by atoms with E-state index in [1.807, 2.05) is 16.9 Å². The molecular formula is C12H20N2O. The molecule has 2 rings (SSSR count). The molecule has 1 aliphatic carbocycles. The highest BCUT2D eigenvalue weighted by molar-refractivity contribution is 5.03. The van der Waals surface area contributed by atoms with Crippen LogP contribution in [0, 0.1) is 5.92 Å². The third-order valence-corrected chi connectivity index (χ3v) is 3.29. The van der Waals surface area contributed by atoms with Gasteiger partial charge in [-0.3, -0.25) is 4.68 Å². The zero-order valence-electron chi connectivity index (χ0n) is 9.56. The first-order valence-corrected chi connectivity index (χ1v) is 5.92. The molecule has 1 saturated carbocycles. The fourth-order valence-corrected chi connectivity index (χ4v) is 1.78. The first-order valence-electron chi connectivity index (χ1n) is 5.92. The zero-order valence-corrected chi connectivity index (χ0v) is 9.56. The van der Waals surface area contributed by atoms with Gasteiger partial charge in [0.05, 0.1) is 11.8 Å². The van der Waals surface area contributed by atoms with Gasteiger partial charge in [0.25, 0.3) is 0 Å². The maximum absolute atomic E-state index is 9.80. The van der Waals surface area contributed by atoms with Crippen molar-refractivity contribution < 1.29 is 5.11 Å². The largest absolute Gasteiger partial charge is 0.392 e. The van der Waals surface area contributed by atoms with E-state index in [-0.39, 0.29) is 6.10 Å². The Morgan fingerprint density at radius 1 is 1.60 bits per heavy atom. The molecule has 0 amide bonds. The lowest BCUT2D eigenvalue weighted by Crippen LogP contribution is -2.14. The van der Waals surface area contributed by atoms with Crippen LogP contribution in [-0.4, -0.2) is 21.0 Å². The standard InChI is InChI=1S/C12H20N2O/c1-3-9(2)14-7-6-11(13-14)8-12(15)10-4-5-10/h6-7,9-10,12,15H,3-5,8H2,1-2H3. The highest BCUT2D eigenvalue weighted by Gasteiger charge is 2.30. The molecule has 0 saturated heterocycles. The van der Waals surface area contributed by atoms with E-state index in [2.05, 4.69) is 18.9 Å². The number of aliphatic hydroxyl groups is 1. The van der Waals surface area contributed by atoms with Crippen LogP contribution in [0.1, 0.15) is 44.8 Å². The van der Waals surface area contributed by atoms with Crippen molar-refractivity contribution >= 4 is 0 Å². The number of rotatable bonds is 5. The predicted octanol–water partition coefficient (Wildman–Crippen LogP) is 2.17. The molecule has 3 heteroatoms. The maximum Gasteiger partial charge on any atom is 0.0650 e. The lowest BCUT2D eigenvalue weighted by atomic mass is 10.1. The molecular weight excluding hydrogens is 188 g/mol. The number of nitrogens with zero attached hydrogens (tertiary/aromatic N) is 2. The maximum atomic E-state index is 9.80. The second-order valence-corrected chi connectivity index (χ2v) is 4.65. The van der Waals surface area contributed by atoms with Crippen LogP contribution in [0.15, 0.2) is 12.3 Å². The molecule has 0 radical (unpaired) electrons. The Hall–Kier alpha value is -0.830. The van der Waals surface area contributed by atoms with Crippen LogP contribution in [0.4, 0.5) is 0 Å². The lowest BCUT2D eigenvalue weighted by molar-refractivity contribution is 0.150. The van der Waals surface area contributed by atoms with Gasteiger partial charge in [-0.2, -0.15) is 5.10 Å². The summed E-state index contributed by atoms with van der Waals surface area (Å²) in [5.41, 5.74) is 1.02. The van der Waals surface area contributed by atoms with Gasteiger partial charge in [0.15, 0.2) is 0 Å². The molecule has 1 aliphatic rings. The van der Waals surface area contributed by atoms with Crippen LogP contribution in [0.3, 0.4) is 0 Å². The van der Waals surface area contributed by atoms with E-state index >= 15 is 0 Å². The van der Waals surface area contributed by atoms with Crippen LogP contribution in [-0.2, 0) is 6.42 Å². The van der Waals surface area contributed by atoms with Crippen LogP contribution in [0.25, 0.3) is 0 Å². The molecule has 2 atom stereocenters. The third-order valence-electron chi connectivity index (χ3n) is 3.29. The summed E-state index contributed by atoms with van der Waals surface area (Å²) >= 11 is 0. The van der Waals surface area contributed by atoms with Gasteiger partial charge in [0.1, 0.15) is 0 Å². The van der Waals surface area contributed by atoms with Crippen LogP contribution < -0.4 is 0 Å². The minimum absolute atomic E-state index is 0.176. The minimum atomic E-state index is -0.176. The van der Waals surface area contributed by atoms with Crippen molar-refractivity contribution in [3.05, 3.63) is 18.0 Å². The molecule has 1 N–H and O–H groups in total. The van der Waals surface area contributed by atoms with E-state index in [9.17, 15) is 5.11 Å². The van der Waals surface area contributed by atoms with Gasteiger partial charge in [-0.25, -0.2) is 0 Å². The van der Waals surface area contributed by atoms with E-state index in [1.54, 1.807) is 0 Å². The van der Waals surface area contributed by atoms with E-state index in [0.717, 1.165) is 12.1 Å². The van der Waals surface area contributed by atoms with Crippen molar-refractivity contribution in [2.24, 2.45) is 5.92 Å². The average molecular weight is 208 g/mol. The quantitative estimate of drug-likeness (QED) is 0.805. The summed E-state index contributed by atoms with van der Waals surface area (Å²) in [6, 6.07) is 2.48. The summed E-state index contributed by atoms with van der Waals surface area (Å²) < 4.78 is 1.99. The lowest BCUT2D eigenvalue weighted by Gasteiger charge is -2.09. The molecule has 1 aromatic rings. The topological polar surface area (TPSA) is 38.0 Å². The van der Waals surface area contributed by atoms with Crippen LogP contribution in [0.5, 0.6) is 0 Å². The van der Waals surface area contributed by atoms with Crippen molar-refractivity contribution in [2.75, 3.05) is 0 Å². The molecule has 1 fully saturated rings. The molecule has 0 bridgehead atoms. The monoisotopic (exact) mass is 208 g/mol. The van der Waals surface area contributed by atoms with Crippen LogP contribution in [0.2, 0.25) is 0 Å². The first kappa shape index (κ1) is 10.7. The molecule has 15 heavy (non-hydrogen) atoms. The van der Waals surface area contributed by atoms with Gasteiger partial charge in [-0.15, -0.1) is 0 Å². The Balaban J connectivity index is 1.94. The molecule has 3 nitrogen and oxygen atoms in total. The second-order valence-electron chi connectivity index (χ2n) is 4.65. The van der Waals surface area contributed by atoms with Crippen molar-refractivity contribution in [3.8, 4) is 0 Å². The molecule has 84 valence electrons. The summed E-state index contributed by atoms with van der Waals surface area (Å²) in [5, 5.41) is 14.3. The number of hydrogen-bond acceptors (Lipinski definition) is 2. The predicted molar refractivity (Wildman–Crippen MR) is 59.7 cm³/mol. The molecule has 1 heterocycles. The highest BCUT2D eigenvalue weighted by atomic mass is 16.3. The third kappa shape index (κ3) is 2.59. The van der Waals surface area contributed by atoms with E-state index in [4.69, 9.17) is 0 Å². The Morgan fingerprint density at radius 3 is 2.93 bits per heavy atom. The average Bonchev–Trinajstić information content (AvgIpc) is 2.99. The first-order chi connectivity index (χ1) is 7.20. The van der Waals surface area contributed by atoms with Gasteiger partial charge >= 0.3 is 0 Å². The normalized spacial score (nSPS) is 20.2. The van der Waals surface area contributed by atoms with Gasteiger partial charge < -0.3 is 5.11 Å². The number of aliphatic hydroxyl groups excluding tert-OH is 1. The molecule has 0 spiro atoms. The second kappa shape index (κ2) is 4.35. The van der Waals surface area contributed by atoms with Crippen molar-refractivity contribution in [2.45, 2.75) is 51.7 Å². The highest BCUT2D eigenvalue weighted by Crippen LogP contribution is 2.33. The molecule has 2 unspecified atom stereocenters. The summed E-state index contributed by atoms with van der Waals surface area (Å²) in [4.78, 5) is 0. The van der Waals surface area contributed by atoms with E-state index in [1.165, 1.54) is 12.8 Å². The Kier molecular flexibility index (Phi) is 3.10. The fourth-order valence-electron chi connectivity index (χ4n) is 1.78. The van der Waals surface area contributed by atoms with Gasteiger partial charge in [0, 0.05) is 18.7 Å². The van der Waals surface area contributed by atoms with Gasteiger partial charge in [0.2, 0.25) is 0 Å². The Labute approximate surface area is 91.1 Å². The Bertz CT molecular complexity index is 317. The zero-order chi connectivity index (χ0) is 10.8. The molecule has 1 aromatic heterocycles. The van der Waals surface area contributed by atoms with Crippen LogP contribution >= 0.6 is 0 Å². The minimum Gasteiger partial charge on any atom is -0.392 e. The summed E-state index contributed by atoms with van der Waals surface area (Å²) in [5.74, 6) is 0.541. The number of hydrogen-bond donors (Lipinski definition) is 1. The molecule has 0 aliphatic heterocycles. The fraction of sp³-hybridized carbons (Fsp3) is 0.750. The van der Waals surface area contributed by atoms with E-state index in [0.29, 0.717) is 18.4 Å². The van der Waals surface area contributed by atoms with Gasteiger partial charge in [-0.05, 0) is 38.2 Å². The Morgan fingerprint density at radius 2 is 2.33 bits per heavy atom.